The standard InChI is InChI=1S/C30H32N4O4/c1-4-36-29-25(30(35)37-5-2)18-32-34(29)27-11-7-10-26(33-27)24-9-6-8-20(3)28(24)38-19-21-12-13-23-17-31-15-14-22(23)16-21/h6-13,16,18,31H,4-5,14-15,17,19H2,1-3H3. The molecule has 0 spiro atoms. The lowest BCUT2D eigenvalue weighted by Crippen LogP contribution is -2.23. The number of pyridine rings is 1. The highest BCUT2D eigenvalue weighted by atomic mass is 16.5. The van der Waals surface area contributed by atoms with E-state index in [1.54, 1.807) is 6.92 Å². The van der Waals surface area contributed by atoms with Crippen molar-refractivity contribution in [1.82, 2.24) is 20.1 Å². The van der Waals surface area contributed by atoms with Gasteiger partial charge in [-0.3, -0.25) is 0 Å². The molecule has 3 heterocycles. The molecule has 5 rings (SSSR count). The Labute approximate surface area is 222 Å². The fraction of sp³-hybridized carbons (Fsp3) is 0.300. The predicted molar refractivity (Wildman–Crippen MR) is 145 cm³/mol. The molecule has 8 heteroatoms. The van der Waals surface area contributed by atoms with Crippen molar-refractivity contribution in [3.63, 3.8) is 0 Å². The van der Waals surface area contributed by atoms with Crippen molar-refractivity contribution in [1.29, 1.82) is 0 Å². The summed E-state index contributed by atoms with van der Waals surface area (Å²) in [6, 6.07) is 18.3. The summed E-state index contributed by atoms with van der Waals surface area (Å²) in [6.45, 7) is 8.67. The molecule has 0 saturated carbocycles. The van der Waals surface area contributed by atoms with Crippen molar-refractivity contribution in [2.75, 3.05) is 19.8 Å². The van der Waals surface area contributed by atoms with Gasteiger partial charge in [-0.15, -0.1) is 0 Å². The zero-order valence-corrected chi connectivity index (χ0v) is 22.0. The SMILES string of the molecule is CCOC(=O)c1cnn(-c2cccc(-c3cccc(C)c3OCc3ccc4c(c3)CCNC4)n2)c1OCC. The number of nitrogens with one attached hydrogen (secondary N) is 1. The number of aryl methyl sites for hydroxylation is 1. The van der Waals surface area contributed by atoms with Gasteiger partial charge in [0.25, 0.3) is 0 Å². The van der Waals surface area contributed by atoms with E-state index >= 15 is 0 Å². The van der Waals surface area contributed by atoms with E-state index in [4.69, 9.17) is 19.2 Å². The summed E-state index contributed by atoms with van der Waals surface area (Å²) in [5.41, 5.74) is 6.78. The minimum Gasteiger partial charge on any atom is -0.488 e. The molecular weight excluding hydrogens is 480 g/mol. The quantitative estimate of drug-likeness (QED) is 0.314. The Morgan fingerprint density at radius 3 is 2.74 bits per heavy atom. The maximum absolute atomic E-state index is 12.4. The van der Waals surface area contributed by atoms with Gasteiger partial charge in [-0.1, -0.05) is 36.4 Å². The third-order valence-electron chi connectivity index (χ3n) is 6.48. The molecule has 4 aromatic rings. The average molecular weight is 513 g/mol. The second-order valence-electron chi connectivity index (χ2n) is 9.08. The number of ether oxygens (including phenoxy) is 3. The van der Waals surface area contributed by atoms with Crippen molar-refractivity contribution in [2.45, 2.75) is 40.3 Å². The number of benzene rings is 2. The molecule has 1 N–H and O–H groups in total. The van der Waals surface area contributed by atoms with E-state index in [2.05, 4.69) is 28.6 Å². The van der Waals surface area contributed by atoms with Crippen LogP contribution < -0.4 is 14.8 Å². The number of carbonyl (C=O) groups excluding carboxylic acids is 1. The molecule has 0 aliphatic carbocycles. The highest BCUT2D eigenvalue weighted by Gasteiger charge is 2.22. The van der Waals surface area contributed by atoms with E-state index < -0.39 is 5.97 Å². The first-order valence-corrected chi connectivity index (χ1v) is 13.0. The molecule has 0 saturated heterocycles. The zero-order chi connectivity index (χ0) is 26.5. The summed E-state index contributed by atoms with van der Waals surface area (Å²) >= 11 is 0. The highest BCUT2D eigenvalue weighted by molar-refractivity contribution is 5.92. The number of hydrogen-bond donors (Lipinski definition) is 1. The van der Waals surface area contributed by atoms with Gasteiger partial charge in [0.15, 0.2) is 5.82 Å². The van der Waals surface area contributed by atoms with Crippen LogP contribution in [0.3, 0.4) is 0 Å². The van der Waals surface area contributed by atoms with Gasteiger partial charge in [-0.25, -0.2) is 9.78 Å². The predicted octanol–water partition coefficient (Wildman–Crippen LogP) is 5.04. The molecule has 0 amide bonds. The zero-order valence-electron chi connectivity index (χ0n) is 22.0. The molecule has 0 bridgehead atoms. The number of carbonyl (C=O) groups is 1. The minimum absolute atomic E-state index is 0.265. The number of para-hydroxylation sites is 1. The Morgan fingerprint density at radius 2 is 1.89 bits per heavy atom. The van der Waals surface area contributed by atoms with Crippen LogP contribution in [0, 0.1) is 6.92 Å². The second kappa shape index (κ2) is 11.5. The van der Waals surface area contributed by atoms with Gasteiger partial charge in [0, 0.05) is 12.1 Å². The lowest BCUT2D eigenvalue weighted by atomic mass is 9.99. The van der Waals surface area contributed by atoms with Crippen molar-refractivity contribution < 1.29 is 19.0 Å². The van der Waals surface area contributed by atoms with Gasteiger partial charge in [-0.05, 0) is 74.2 Å². The first-order chi connectivity index (χ1) is 18.6. The largest absolute Gasteiger partial charge is 0.488 e. The third kappa shape index (κ3) is 5.26. The molecule has 0 unspecified atom stereocenters. The summed E-state index contributed by atoms with van der Waals surface area (Å²) in [7, 11) is 0. The Balaban J connectivity index is 1.45. The summed E-state index contributed by atoms with van der Waals surface area (Å²) in [4.78, 5) is 17.3. The summed E-state index contributed by atoms with van der Waals surface area (Å²) in [5, 5.41) is 7.80. The van der Waals surface area contributed by atoms with Crippen molar-refractivity contribution in [3.05, 3.63) is 88.6 Å². The number of aromatic nitrogens is 3. The van der Waals surface area contributed by atoms with Gasteiger partial charge in [0.1, 0.15) is 17.9 Å². The fourth-order valence-electron chi connectivity index (χ4n) is 4.64. The Kier molecular flexibility index (Phi) is 7.70. The normalized spacial score (nSPS) is 12.6. The molecule has 2 aromatic heterocycles. The van der Waals surface area contributed by atoms with Gasteiger partial charge >= 0.3 is 5.97 Å². The first-order valence-electron chi connectivity index (χ1n) is 13.0. The van der Waals surface area contributed by atoms with E-state index in [-0.39, 0.29) is 12.2 Å². The van der Waals surface area contributed by atoms with Crippen LogP contribution in [0.2, 0.25) is 0 Å². The molecule has 1 aliphatic rings. The number of esters is 1. The van der Waals surface area contributed by atoms with Crippen molar-refractivity contribution in [2.24, 2.45) is 0 Å². The Bertz CT molecular complexity index is 1450. The molecule has 1 aliphatic heterocycles. The van der Waals surface area contributed by atoms with Gasteiger partial charge < -0.3 is 19.5 Å². The summed E-state index contributed by atoms with van der Waals surface area (Å²) in [6.07, 6.45) is 2.48. The molecule has 0 atom stereocenters. The maximum atomic E-state index is 12.4. The van der Waals surface area contributed by atoms with E-state index in [9.17, 15) is 4.79 Å². The maximum Gasteiger partial charge on any atom is 0.345 e. The second-order valence-corrected chi connectivity index (χ2v) is 9.08. The Morgan fingerprint density at radius 1 is 1.03 bits per heavy atom. The molecule has 0 radical (unpaired) electrons. The minimum atomic E-state index is -0.480. The number of rotatable bonds is 9. The average Bonchev–Trinajstić information content (AvgIpc) is 3.36. The molecule has 8 nitrogen and oxygen atoms in total. The van der Waals surface area contributed by atoms with Crippen LogP contribution in [0.25, 0.3) is 17.1 Å². The van der Waals surface area contributed by atoms with Gasteiger partial charge in [-0.2, -0.15) is 9.78 Å². The molecule has 0 fully saturated rings. The number of hydrogen-bond acceptors (Lipinski definition) is 7. The summed E-state index contributed by atoms with van der Waals surface area (Å²) in [5.74, 6) is 1.14. The van der Waals surface area contributed by atoms with Crippen LogP contribution in [-0.2, 0) is 24.3 Å². The smallest absolute Gasteiger partial charge is 0.345 e. The monoisotopic (exact) mass is 512 g/mol. The van der Waals surface area contributed by atoms with Crippen LogP contribution in [0.5, 0.6) is 11.6 Å². The van der Waals surface area contributed by atoms with Crippen LogP contribution in [0.15, 0.2) is 60.8 Å². The highest BCUT2D eigenvalue weighted by Crippen LogP contribution is 2.34. The lowest BCUT2D eigenvalue weighted by Gasteiger charge is -2.19. The van der Waals surface area contributed by atoms with Crippen LogP contribution in [0.4, 0.5) is 0 Å². The lowest BCUT2D eigenvalue weighted by molar-refractivity contribution is 0.0521. The van der Waals surface area contributed by atoms with Crippen molar-refractivity contribution >= 4 is 5.97 Å². The van der Waals surface area contributed by atoms with E-state index in [0.29, 0.717) is 24.9 Å². The van der Waals surface area contributed by atoms with Crippen LogP contribution >= 0.6 is 0 Å². The van der Waals surface area contributed by atoms with Gasteiger partial charge in [0.2, 0.25) is 5.88 Å². The van der Waals surface area contributed by atoms with Gasteiger partial charge in [0.05, 0.1) is 25.1 Å². The van der Waals surface area contributed by atoms with E-state index in [1.165, 1.54) is 22.0 Å². The summed E-state index contributed by atoms with van der Waals surface area (Å²) < 4.78 is 18.9. The van der Waals surface area contributed by atoms with Crippen molar-refractivity contribution in [3.8, 4) is 28.7 Å². The molecule has 2 aromatic carbocycles. The molecule has 196 valence electrons. The van der Waals surface area contributed by atoms with E-state index in [0.717, 1.165) is 47.6 Å². The van der Waals surface area contributed by atoms with Crippen LogP contribution in [-0.4, -0.2) is 40.5 Å². The van der Waals surface area contributed by atoms with E-state index in [1.807, 2.05) is 50.2 Å². The Hall–Kier alpha value is -4.17. The first kappa shape index (κ1) is 25.5. The number of nitrogens with zero attached hydrogens (tertiary/aromatic N) is 3. The fourth-order valence-corrected chi connectivity index (χ4v) is 4.64. The topological polar surface area (TPSA) is 87.5 Å². The van der Waals surface area contributed by atoms with Crippen LogP contribution in [0.1, 0.15) is 46.5 Å². The molecular formula is C30H32N4O4. The third-order valence-corrected chi connectivity index (χ3v) is 6.48. The molecule has 38 heavy (non-hydrogen) atoms. The number of fused-ring (bicyclic) bond motifs is 1.